The predicted molar refractivity (Wildman–Crippen MR) is 130 cm³/mol. The number of carbonyl (C=O) groups is 2. The van der Waals surface area contributed by atoms with Crippen molar-refractivity contribution >= 4 is 40.6 Å². The van der Waals surface area contributed by atoms with Gasteiger partial charge in [0.15, 0.2) is 11.5 Å². The van der Waals surface area contributed by atoms with E-state index < -0.39 is 6.04 Å². The van der Waals surface area contributed by atoms with E-state index in [0.717, 1.165) is 16.2 Å². The molecule has 0 radical (unpaired) electrons. The summed E-state index contributed by atoms with van der Waals surface area (Å²) in [6.45, 7) is 1.07. The van der Waals surface area contributed by atoms with E-state index in [9.17, 15) is 9.59 Å². The van der Waals surface area contributed by atoms with Crippen LogP contribution in [-0.2, 0) is 4.79 Å². The number of nitrogens with zero attached hydrogens (tertiary/aromatic N) is 1. The molecule has 0 saturated carbocycles. The number of hydrogen-bond donors (Lipinski definition) is 1. The number of rotatable bonds is 5. The summed E-state index contributed by atoms with van der Waals surface area (Å²) in [4.78, 5) is 29.4. The van der Waals surface area contributed by atoms with Crippen molar-refractivity contribution in [2.75, 3.05) is 37.3 Å². The molecule has 7 nitrogen and oxygen atoms in total. The standard InChI is InChI=1S/C24H22N2O5S2/c1-29-17-5-3-16(4-6-17)25-23(27)18-13-32-14-26(18)24(28)22-9-8-21(33-22)15-2-7-19-20(12-15)31-11-10-30-19/h2-9,12,18H,10-11,13-14H2,1H3,(H,25,27). The lowest BCUT2D eigenvalue weighted by molar-refractivity contribution is -0.119. The Labute approximate surface area is 199 Å². The first-order valence-electron chi connectivity index (χ1n) is 10.5. The minimum absolute atomic E-state index is 0.135. The highest BCUT2D eigenvalue weighted by Crippen LogP contribution is 2.37. The molecule has 0 aliphatic carbocycles. The van der Waals surface area contributed by atoms with E-state index in [1.807, 2.05) is 30.3 Å². The van der Waals surface area contributed by atoms with Crippen LogP contribution in [0.4, 0.5) is 5.69 Å². The Morgan fingerprint density at radius 3 is 2.61 bits per heavy atom. The number of benzene rings is 2. The van der Waals surface area contributed by atoms with Crippen molar-refractivity contribution < 1.29 is 23.8 Å². The van der Waals surface area contributed by atoms with Gasteiger partial charge in [-0.15, -0.1) is 23.1 Å². The summed E-state index contributed by atoms with van der Waals surface area (Å²) in [7, 11) is 1.59. The summed E-state index contributed by atoms with van der Waals surface area (Å²) in [5.41, 5.74) is 1.63. The predicted octanol–water partition coefficient (Wildman–Crippen LogP) is 4.35. The van der Waals surface area contributed by atoms with E-state index in [2.05, 4.69) is 5.32 Å². The lowest BCUT2D eigenvalue weighted by Crippen LogP contribution is -2.44. The van der Waals surface area contributed by atoms with E-state index in [0.29, 0.717) is 46.9 Å². The number of ether oxygens (including phenoxy) is 3. The van der Waals surface area contributed by atoms with Gasteiger partial charge in [0.05, 0.1) is 17.9 Å². The number of hydrogen-bond acceptors (Lipinski definition) is 7. The second kappa shape index (κ2) is 9.36. The van der Waals surface area contributed by atoms with Gasteiger partial charge in [-0.05, 0) is 60.2 Å². The van der Waals surface area contributed by atoms with Gasteiger partial charge >= 0.3 is 0 Å². The fourth-order valence-corrected chi connectivity index (χ4v) is 5.82. The second-order valence-corrected chi connectivity index (χ2v) is 9.61. The summed E-state index contributed by atoms with van der Waals surface area (Å²) in [5.74, 6) is 2.88. The van der Waals surface area contributed by atoms with Gasteiger partial charge in [-0.2, -0.15) is 0 Å². The minimum atomic E-state index is -0.524. The molecule has 2 amide bonds. The smallest absolute Gasteiger partial charge is 0.265 e. The zero-order chi connectivity index (χ0) is 22.8. The van der Waals surface area contributed by atoms with Crippen LogP contribution in [0.5, 0.6) is 17.2 Å². The van der Waals surface area contributed by atoms with Crippen molar-refractivity contribution in [2.45, 2.75) is 6.04 Å². The third kappa shape index (κ3) is 4.51. The highest BCUT2D eigenvalue weighted by Gasteiger charge is 2.35. The van der Waals surface area contributed by atoms with E-state index in [4.69, 9.17) is 14.2 Å². The zero-order valence-electron chi connectivity index (χ0n) is 17.9. The Morgan fingerprint density at radius 2 is 1.82 bits per heavy atom. The number of thioether (sulfide) groups is 1. The summed E-state index contributed by atoms with van der Waals surface area (Å²) >= 11 is 2.99. The number of fused-ring (bicyclic) bond motifs is 1. The minimum Gasteiger partial charge on any atom is -0.497 e. The molecule has 2 aliphatic heterocycles. The van der Waals surface area contributed by atoms with E-state index >= 15 is 0 Å². The Bertz CT molecular complexity index is 1180. The molecular formula is C24H22N2O5S2. The van der Waals surface area contributed by atoms with Crippen molar-refractivity contribution in [2.24, 2.45) is 0 Å². The number of amides is 2. The van der Waals surface area contributed by atoms with Crippen LogP contribution in [0.2, 0.25) is 0 Å². The molecule has 1 N–H and O–H groups in total. The fraction of sp³-hybridized carbons (Fsp3) is 0.250. The van der Waals surface area contributed by atoms with Crippen molar-refractivity contribution in [3.8, 4) is 27.7 Å². The fourth-order valence-electron chi connectivity index (χ4n) is 3.71. The van der Waals surface area contributed by atoms with Crippen molar-refractivity contribution in [3.05, 3.63) is 59.5 Å². The van der Waals surface area contributed by atoms with Gasteiger partial charge < -0.3 is 24.4 Å². The average molecular weight is 483 g/mol. The van der Waals surface area contributed by atoms with Crippen molar-refractivity contribution in [3.63, 3.8) is 0 Å². The van der Waals surface area contributed by atoms with Crippen LogP contribution in [0.25, 0.3) is 10.4 Å². The molecule has 1 fully saturated rings. The molecule has 3 heterocycles. The molecule has 2 aromatic carbocycles. The van der Waals surface area contributed by atoms with E-state index in [-0.39, 0.29) is 11.8 Å². The summed E-state index contributed by atoms with van der Waals surface area (Å²) in [6, 6.07) is 16.1. The molecule has 5 rings (SSSR count). The lowest BCUT2D eigenvalue weighted by atomic mass is 10.1. The molecule has 170 valence electrons. The van der Waals surface area contributed by atoms with Gasteiger partial charge in [0, 0.05) is 16.3 Å². The van der Waals surface area contributed by atoms with Gasteiger partial charge in [-0.3, -0.25) is 9.59 Å². The van der Waals surface area contributed by atoms with Crippen LogP contribution in [-0.4, -0.2) is 54.7 Å². The van der Waals surface area contributed by atoms with Crippen LogP contribution in [0, 0.1) is 0 Å². The van der Waals surface area contributed by atoms with Crippen LogP contribution in [0.1, 0.15) is 9.67 Å². The maximum Gasteiger partial charge on any atom is 0.265 e. The molecule has 33 heavy (non-hydrogen) atoms. The van der Waals surface area contributed by atoms with Gasteiger partial charge in [0.1, 0.15) is 25.0 Å². The average Bonchev–Trinajstić information content (AvgIpc) is 3.54. The Hall–Kier alpha value is -3.17. The van der Waals surface area contributed by atoms with Gasteiger partial charge in [0.25, 0.3) is 5.91 Å². The number of thiophene rings is 1. The largest absolute Gasteiger partial charge is 0.497 e. The molecule has 3 aromatic rings. The normalized spacial score (nSPS) is 17.0. The molecule has 0 bridgehead atoms. The third-order valence-electron chi connectivity index (χ3n) is 5.45. The molecule has 1 saturated heterocycles. The molecular weight excluding hydrogens is 460 g/mol. The number of carbonyl (C=O) groups excluding carboxylic acids is 2. The molecule has 1 unspecified atom stereocenters. The topological polar surface area (TPSA) is 77.1 Å². The summed E-state index contributed by atoms with van der Waals surface area (Å²) in [6.07, 6.45) is 0. The molecule has 1 aromatic heterocycles. The maximum atomic E-state index is 13.3. The Balaban J connectivity index is 1.29. The highest BCUT2D eigenvalue weighted by atomic mass is 32.2. The lowest BCUT2D eigenvalue weighted by Gasteiger charge is -2.22. The van der Waals surface area contributed by atoms with Crippen LogP contribution in [0.15, 0.2) is 54.6 Å². The summed E-state index contributed by atoms with van der Waals surface area (Å²) < 4.78 is 16.4. The SMILES string of the molecule is COc1ccc(NC(=O)C2CSCN2C(=O)c2ccc(-c3ccc4c(c3)OCCO4)s2)cc1. The molecule has 9 heteroatoms. The highest BCUT2D eigenvalue weighted by molar-refractivity contribution is 7.99. The molecule has 1 atom stereocenters. The van der Waals surface area contributed by atoms with Crippen molar-refractivity contribution in [1.82, 2.24) is 4.90 Å². The monoisotopic (exact) mass is 482 g/mol. The second-order valence-electron chi connectivity index (χ2n) is 7.53. The summed E-state index contributed by atoms with van der Waals surface area (Å²) in [5, 5.41) is 2.91. The van der Waals surface area contributed by atoms with Gasteiger partial charge in [-0.1, -0.05) is 0 Å². The third-order valence-corrected chi connectivity index (χ3v) is 7.58. The first-order valence-corrected chi connectivity index (χ1v) is 12.4. The van der Waals surface area contributed by atoms with Gasteiger partial charge in [0.2, 0.25) is 5.91 Å². The van der Waals surface area contributed by atoms with Crippen LogP contribution in [0.3, 0.4) is 0 Å². The number of methoxy groups -OCH3 is 1. The number of anilines is 1. The molecule has 2 aliphatic rings. The van der Waals surface area contributed by atoms with Crippen LogP contribution < -0.4 is 19.5 Å². The van der Waals surface area contributed by atoms with E-state index in [1.54, 1.807) is 48.0 Å². The van der Waals surface area contributed by atoms with Crippen LogP contribution >= 0.6 is 23.1 Å². The quantitative estimate of drug-likeness (QED) is 0.583. The Kier molecular flexibility index (Phi) is 6.15. The van der Waals surface area contributed by atoms with Gasteiger partial charge in [-0.25, -0.2) is 0 Å². The van der Waals surface area contributed by atoms with Crippen molar-refractivity contribution in [1.29, 1.82) is 0 Å². The molecule has 0 spiro atoms. The Morgan fingerprint density at radius 1 is 1.03 bits per heavy atom. The first kappa shape index (κ1) is 21.7. The first-order chi connectivity index (χ1) is 16.1. The zero-order valence-corrected chi connectivity index (χ0v) is 19.5. The van der Waals surface area contributed by atoms with E-state index in [1.165, 1.54) is 11.3 Å². The number of nitrogens with one attached hydrogen (secondary N) is 1. The maximum absolute atomic E-state index is 13.3.